The summed E-state index contributed by atoms with van der Waals surface area (Å²) in [6, 6.07) is 12.3. The summed E-state index contributed by atoms with van der Waals surface area (Å²) in [4.78, 5) is 12.2. The highest BCUT2D eigenvalue weighted by molar-refractivity contribution is 5.91. The zero-order valence-electron chi connectivity index (χ0n) is 14.5. The van der Waals surface area contributed by atoms with E-state index in [1.165, 1.54) is 28.6 Å². The molecule has 1 amide bonds. The average Bonchev–Trinajstić information content (AvgIpc) is 3.16. The van der Waals surface area contributed by atoms with Crippen molar-refractivity contribution in [2.75, 3.05) is 0 Å². The number of alkyl halides is 3. The molecule has 1 aromatic heterocycles. The second-order valence-corrected chi connectivity index (χ2v) is 5.95. The number of nitrogens with one attached hydrogen (secondary N) is 1. The molecular weight excluding hydrogens is 357 g/mol. The smallest absolute Gasteiger partial charge is 0.347 e. The summed E-state index contributed by atoms with van der Waals surface area (Å²) in [5.74, 6) is -0.452. The number of amides is 1. The predicted molar refractivity (Wildman–Crippen MR) is 93.4 cm³/mol. The highest BCUT2D eigenvalue weighted by Crippen LogP contribution is 2.29. The first kappa shape index (κ1) is 18.6. The number of rotatable bonds is 5. The third-order valence-corrected chi connectivity index (χ3v) is 4.07. The van der Waals surface area contributed by atoms with Crippen molar-refractivity contribution in [1.82, 2.24) is 20.3 Å². The van der Waals surface area contributed by atoms with Gasteiger partial charge in [-0.1, -0.05) is 36.4 Å². The number of carbonyl (C=O) groups is 1. The molecule has 0 aliphatic heterocycles. The fourth-order valence-electron chi connectivity index (χ4n) is 2.46. The minimum atomic E-state index is -4.38. The zero-order valence-corrected chi connectivity index (χ0v) is 14.5. The molecule has 3 rings (SSSR count). The van der Waals surface area contributed by atoms with Crippen LogP contribution in [0, 0.1) is 0 Å². The minimum absolute atomic E-state index is 0.0923. The maximum absolute atomic E-state index is 12.6. The first-order chi connectivity index (χ1) is 12.9. The lowest BCUT2D eigenvalue weighted by Gasteiger charge is -2.08. The lowest BCUT2D eigenvalue weighted by Crippen LogP contribution is -2.23. The molecule has 3 aromatic rings. The van der Waals surface area contributed by atoms with Gasteiger partial charge in [0.05, 0.1) is 17.4 Å². The van der Waals surface area contributed by atoms with Gasteiger partial charge >= 0.3 is 6.18 Å². The van der Waals surface area contributed by atoms with Crippen LogP contribution in [0.1, 0.15) is 34.1 Å². The van der Waals surface area contributed by atoms with E-state index in [4.69, 9.17) is 0 Å². The fourth-order valence-corrected chi connectivity index (χ4v) is 2.46. The van der Waals surface area contributed by atoms with E-state index < -0.39 is 17.6 Å². The normalized spacial score (nSPS) is 11.4. The van der Waals surface area contributed by atoms with E-state index in [1.807, 2.05) is 24.3 Å². The average molecular weight is 374 g/mol. The number of aryl methyl sites for hydroxylation is 1. The van der Waals surface area contributed by atoms with Crippen LogP contribution >= 0.6 is 0 Å². The highest BCUT2D eigenvalue weighted by atomic mass is 19.4. The number of nitrogens with zero attached hydrogens (tertiary/aromatic N) is 3. The number of carbonyl (C=O) groups excluding carboxylic acids is 1. The minimum Gasteiger partial charge on any atom is -0.347 e. The molecule has 1 heterocycles. The Bertz CT molecular complexity index is 915. The van der Waals surface area contributed by atoms with E-state index >= 15 is 0 Å². The van der Waals surface area contributed by atoms with Gasteiger partial charge in [0, 0.05) is 6.54 Å². The van der Waals surface area contributed by atoms with Crippen molar-refractivity contribution < 1.29 is 18.0 Å². The van der Waals surface area contributed by atoms with Crippen LogP contribution in [-0.2, 0) is 19.1 Å². The van der Waals surface area contributed by atoms with Gasteiger partial charge < -0.3 is 5.32 Å². The van der Waals surface area contributed by atoms with Crippen LogP contribution in [0.3, 0.4) is 0 Å². The summed E-state index contributed by atoms with van der Waals surface area (Å²) in [6.45, 7) is 2.15. The quantitative estimate of drug-likeness (QED) is 0.739. The fraction of sp³-hybridized carbons (Fsp3) is 0.211. The largest absolute Gasteiger partial charge is 0.416 e. The second kappa shape index (κ2) is 7.61. The van der Waals surface area contributed by atoms with Crippen molar-refractivity contribution in [1.29, 1.82) is 0 Å². The molecule has 0 aliphatic rings. The molecular formula is C19H17F3N4O. The van der Waals surface area contributed by atoms with Gasteiger partial charge in [0.1, 0.15) is 0 Å². The van der Waals surface area contributed by atoms with Crippen molar-refractivity contribution in [3.63, 3.8) is 0 Å². The Morgan fingerprint density at radius 2 is 1.67 bits per heavy atom. The summed E-state index contributed by atoms with van der Waals surface area (Å²) in [5.41, 5.74) is 1.92. The maximum atomic E-state index is 12.6. The van der Waals surface area contributed by atoms with E-state index in [0.717, 1.165) is 24.2 Å². The van der Waals surface area contributed by atoms with E-state index in [9.17, 15) is 18.0 Å². The molecule has 0 fully saturated rings. The molecule has 0 bridgehead atoms. The van der Waals surface area contributed by atoms with E-state index in [1.54, 1.807) is 0 Å². The molecule has 2 aromatic carbocycles. The number of halogens is 3. The first-order valence-electron chi connectivity index (χ1n) is 8.33. The SMILES string of the molecule is CCc1ccc(-n2cc(C(=O)NCc3ccc(C(F)(F)F)cc3)nn2)cc1. The third-order valence-electron chi connectivity index (χ3n) is 4.07. The van der Waals surface area contributed by atoms with Crippen LogP contribution in [0.4, 0.5) is 13.2 Å². The van der Waals surface area contributed by atoms with Gasteiger partial charge in [-0.05, 0) is 41.8 Å². The molecule has 0 saturated heterocycles. The molecule has 27 heavy (non-hydrogen) atoms. The van der Waals surface area contributed by atoms with Crippen LogP contribution in [0.25, 0.3) is 5.69 Å². The lowest BCUT2D eigenvalue weighted by atomic mass is 10.1. The highest BCUT2D eigenvalue weighted by Gasteiger charge is 2.29. The Balaban J connectivity index is 1.62. The molecule has 1 N–H and O–H groups in total. The van der Waals surface area contributed by atoms with Gasteiger partial charge in [-0.3, -0.25) is 4.79 Å². The summed E-state index contributed by atoms with van der Waals surface area (Å²) in [5, 5.41) is 10.4. The Kier molecular flexibility index (Phi) is 5.25. The van der Waals surface area contributed by atoms with E-state index in [0.29, 0.717) is 5.56 Å². The molecule has 8 heteroatoms. The number of aromatic nitrogens is 3. The number of benzene rings is 2. The van der Waals surface area contributed by atoms with E-state index in [2.05, 4.69) is 22.6 Å². The molecule has 140 valence electrons. The van der Waals surface area contributed by atoms with Gasteiger partial charge in [0.2, 0.25) is 0 Å². The van der Waals surface area contributed by atoms with Crippen molar-refractivity contribution >= 4 is 5.91 Å². The van der Waals surface area contributed by atoms with E-state index in [-0.39, 0.29) is 12.2 Å². The molecule has 0 aliphatic carbocycles. The van der Waals surface area contributed by atoms with Gasteiger partial charge in [-0.15, -0.1) is 5.10 Å². The number of hydrogen-bond donors (Lipinski definition) is 1. The van der Waals surface area contributed by atoms with Gasteiger partial charge in [-0.2, -0.15) is 13.2 Å². The van der Waals surface area contributed by atoms with Crippen molar-refractivity contribution in [2.45, 2.75) is 26.1 Å². The van der Waals surface area contributed by atoms with Crippen LogP contribution in [0.15, 0.2) is 54.7 Å². The standard InChI is InChI=1S/C19H17F3N4O/c1-2-13-5-9-16(10-6-13)26-12-17(24-25-26)18(27)23-11-14-3-7-15(8-4-14)19(20,21)22/h3-10,12H,2,11H2,1H3,(H,23,27). The third kappa shape index (κ3) is 4.52. The number of hydrogen-bond acceptors (Lipinski definition) is 3. The summed E-state index contributed by atoms with van der Waals surface area (Å²) in [6.07, 6.45) is -1.95. The topological polar surface area (TPSA) is 59.8 Å². The van der Waals surface area contributed by atoms with Crippen LogP contribution in [-0.4, -0.2) is 20.9 Å². The van der Waals surface area contributed by atoms with Crippen LogP contribution < -0.4 is 5.32 Å². The summed E-state index contributed by atoms with van der Waals surface area (Å²) in [7, 11) is 0. The van der Waals surface area contributed by atoms with Gasteiger partial charge in [0.25, 0.3) is 5.91 Å². The molecule has 5 nitrogen and oxygen atoms in total. The Morgan fingerprint density at radius 1 is 1.04 bits per heavy atom. The predicted octanol–water partition coefficient (Wildman–Crippen LogP) is 3.78. The van der Waals surface area contributed by atoms with Crippen molar-refractivity contribution in [3.8, 4) is 5.69 Å². The van der Waals surface area contributed by atoms with Crippen LogP contribution in [0.5, 0.6) is 0 Å². The molecule has 0 radical (unpaired) electrons. The molecule has 0 spiro atoms. The Hall–Kier alpha value is -3.16. The second-order valence-electron chi connectivity index (χ2n) is 5.95. The van der Waals surface area contributed by atoms with Crippen molar-refractivity contribution in [2.24, 2.45) is 0 Å². The Labute approximate surface area is 153 Å². The molecule has 0 saturated carbocycles. The van der Waals surface area contributed by atoms with Gasteiger partial charge in [0.15, 0.2) is 5.69 Å². The van der Waals surface area contributed by atoms with Crippen LogP contribution in [0.2, 0.25) is 0 Å². The summed E-state index contributed by atoms with van der Waals surface area (Å²) >= 11 is 0. The monoisotopic (exact) mass is 374 g/mol. The zero-order chi connectivity index (χ0) is 19.4. The van der Waals surface area contributed by atoms with Gasteiger partial charge in [-0.25, -0.2) is 4.68 Å². The Morgan fingerprint density at radius 3 is 2.26 bits per heavy atom. The molecule has 0 unspecified atom stereocenters. The summed E-state index contributed by atoms with van der Waals surface area (Å²) < 4.78 is 39.1. The lowest BCUT2D eigenvalue weighted by molar-refractivity contribution is -0.137. The molecule has 0 atom stereocenters. The van der Waals surface area contributed by atoms with Crippen molar-refractivity contribution in [3.05, 3.63) is 77.1 Å². The first-order valence-corrected chi connectivity index (χ1v) is 8.33. The maximum Gasteiger partial charge on any atom is 0.416 e.